The van der Waals surface area contributed by atoms with E-state index >= 15 is 0 Å². The van der Waals surface area contributed by atoms with Crippen LogP contribution in [-0.4, -0.2) is 63.1 Å². The lowest BCUT2D eigenvalue weighted by molar-refractivity contribution is 0.0711. The number of aromatic nitrogens is 2. The summed E-state index contributed by atoms with van der Waals surface area (Å²) in [7, 11) is 0. The molecule has 1 aromatic carbocycles. The van der Waals surface area contributed by atoms with Crippen LogP contribution in [0.25, 0.3) is 0 Å². The highest BCUT2D eigenvalue weighted by atomic mass is 16.5. The predicted octanol–water partition coefficient (Wildman–Crippen LogP) is 1.60. The number of rotatable bonds is 8. The molecule has 2 heterocycles. The first-order chi connectivity index (χ1) is 13.7. The summed E-state index contributed by atoms with van der Waals surface area (Å²) in [5, 5.41) is 18.9. The highest BCUT2D eigenvalue weighted by Gasteiger charge is 2.31. The summed E-state index contributed by atoms with van der Waals surface area (Å²) in [4.78, 5) is 34.2. The Kier molecular flexibility index (Phi) is 6.54. The molecule has 8 nitrogen and oxygen atoms in total. The van der Waals surface area contributed by atoms with Crippen LogP contribution in [0.3, 0.4) is 0 Å². The van der Waals surface area contributed by atoms with Crippen molar-refractivity contribution in [3.63, 3.8) is 0 Å². The molecule has 0 bridgehead atoms. The van der Waals surface area contributed by atoms with E-state index < -0.39 is 0 Å². The predicted molar refractivity (Wildman–Crippen MR) is 100 cm³/mol. The van der Waals surface area contributed by atoms with E-state index in [0.717, 1.165) is 12.8 Å². The van der Waals surface area contributed by atoms with Crippen LogP contribution in [0.2, 0.25) is 0 Å². The monoisotopic (exact) mass is 385 g/mol. The van der Waals surface area contributed by atoms with Crippen molar-refractivity contribution >= 4 is 12.2 Å². The lowest BCUT2D eigenvalue weighted by Crippen LogP contribution is -2.37. The van der Waals surface area contributed by atoms with E-state index in [2.05, 4.69) is 9.97 Å². The molecule has 148 valence electrons. The number of benzene rings is 1. The van der Waals surface area contributed by atoms with Crippen LogP contribution in [0.15, 0.2) is 30.6 Å². The third kappa shape index (κ3) is 4.28. The van der Waals surface area contributed by atoms with Crippen molar-refractivity contribution in [2.24, 2.45) is 0 Å². The number of likely N-dealkylation sites (tertiary alicyclic amines) is 1. The van der Waals surface area contributed by atoms with Gasteiger partial charge in [0.15, 0.2) is 6.29 Å². The minimum absolute atomic E-state index is 0.00604. The summed E-state index contributed by atoms with van der Waals surface area (Å²) in [6.07, 6.45) is 6.16. The Labute approximate surface area is 162 Å². The van der Waals surface area contributed by atoms with E-state index in [-0.39, 0.29) is 42.0 Å². The number of ether oxygens (including phenoxy) is 1. The number of carbonyl (C=O) groups is 2. The standard InChI is InChI=1S/C20H23N3O5/c24-11-6-16-19(22-9-8-21-16)20(27)23-10-2-3-14(23)7-12-28-18-5-1-4-17(26)15(18)13-25/h1,4-5,8-9,13-14,24,26H,2-3,6-7,10-12H2/t14-/m0/s1. The molecule has 1 aliphatic rings. The molecule has 3 rings (SSSR count). The van der Waals surface area contributed by atoms with E-state index in [4.69, 9.17) is 4.74 Å². The lowest BCUT2D eigenvalue weighted by atomic mass is 10.1. The van der Waals surface area contributed by atoms with Gasteiger partial charge in [-0.1, -0.05) is 6.07 Å². The number of hydrogen-bond donors (Lipinski definition) is 2. The zero-order valence-electron chi connectivity index (χ0n) is 15.5. The van der Waals surface area contributed by atoms with Gasteiger partial charge in [-0.2, -0.15) is 0 Å². The summed E-state index contributed by atoms with van der Waals surface area (Å²) in [5.74, 6) is 0.0132. The topological polar surface area (TPSA) is 113 Å². The molecule has 0 aliphatic carbocycles. The quantitative estimate of drug-likeness (QED) is 0.664. The zero-order chi connectivity index (χ0) is 19.9. The van der Waals surface area contributed by atoms with Crippen LogP contribution >= 0.6 is 0 Å². The van der Waals surface area contributed by atoms with Gasteiger partial charge in [-0.3, -0.25) is 14.6 Å². The van der Waals surface area contributed by atoms with Gasteiger partial charge in [0.1, 0.15) is 17.2 Å². The second-order valence-electron chi connectivity index (χ2n) is 6.56. The Bertz CT molecular complexity index is 842. The third-order valence-corrected chi connectivity index (χ3v) is 4.83. The minimum atomic E-state index is -0.190. The van der Waals surface area contributed by atoms with Gasteiger partial charge in [-0.25, -0.2) is 4.98 Å². The van der Waals surface area contributed by atoms with Crippen LogP contribution in [-0.2, 0) is 6.42 Å². The molecule has 2 aromatic rings. The van der Waals surface area contributed by atoms with Crippen molar-refractivity contribution in [1.29, 1.82) is 0 Å². The van der Waals surface area contributed by atoms with Crippen LogP contribution in [0, 0.1) is 0 Å². The number of aliphatic hydroxyl groups excluding tert-OH is 1. The molecular weight excluding hydrogens is 362 g/mol. The maximum absolute atomic E-state index is 13.0. The summed E-state index contributed by atoms with van der Waals surface area (Å²) in [6, 6.07) is 4.66. The number of aliphatic hydroxyl groups is 1. The Morgan fingerprint density at radius 1 is 1.32 bits per heavy atom. The van der Waals surface area contributed by atoms with E-state index in [0.29, 0.717) is 37.3 Å². The molecule has 0 unspecified atom stereocenters. The Hall–Kier alpha value is -3.00. The maximum Gasteiger partial charge on any atom is 0.274 e. The number of aldehydes is 1. The first-order valence-electron chi connectivity index (χ1n) is 9.27. The maximum atomic E-state index is 13.0. The molecule has 8 heteroatoms. The fourth-order valence-corrected chi connectivity index (χ4v) is 3.46. The molecule has 1 fully saturated rings. The van der Waals surface area contributed by atoms with Gasteiger partial charge in [-0.05, 0) is 25.0 Å². The van der Waals surface area contributed by atoms with E-state index in [1.165, 1.54) is 18.5 Å². The molecule has 1 aliphatic heterocycles. The number of aromatic hydroxyl groups is 1. The minimum Gasteiger partial charge on any atom is -0.507 e. The average molecular weight is 385 g/mol. The normalized spacial score (nSPS) is 16.2. The zero-order valence-corrected chi connectivity index (χ0v) is 15.5. The van der Waals surface area contributed by atoms with Gasteiger partial charge < -0.3 is 19.8 Å². The van der Waals surface area contributed by atoms with Crippen LogP contribution < -0.4 is 4.74 Å². The Morgan fingerprint density at radius 3 is 2.93 bits per heavy atom. The largest absolute Gasteiger partial charge is 0.507 e. The van der Waals surface area contributed by atoms with Gasteiger partial charge in [0, 0.05) is 44.4 Å². The van der Waals surface area contributed by atoms with Gasteiger partial charge in [0.2, 0.25) is 0 Å². The molecule has 1 aromatic heterocycles. The van der Waals surface area contributed by atoms with Crippen molar-refractivity contribution in [3.05, 3.63) is 47.5 Å². The number of phenolic OH excluding ortho intramolecular Hbond substituents is 1. The fraction of sp³-hybridized carbons (Fsp3) is 0.400. The van der Waals surface area contributed by atoms with Gasteiger partial charge in [-0.15, -0.1) is 0 Å². The second kappa shape index (κ2) is 9.27. The SMILES string of the molecule is O=Cc1c(O)cccc1OCC[C@@H]1CCCN1C(=O)c1nccnc1CCO. The van der Waals surface area contributed by atoms with Crippen LogP contribution in [0.5, 0.6) is 11.5 Å². The van der Waals surface area contributed by atoms with Crippen molar-refractivity contribution in [2.75, 3.05) is 19.8 Å². The van der Waals surface area contributed by atoms with Crippen LogP contribution in [0.4, 0.5) is 0 Å². The van der Waals surface area contributed by atoms with Crippen molar-refractivity contribution in [1.82, 2.24) is 14.9 Å². The first-order valence-corrected chi connectivity index (χ1v) is 9.27. The Balaban J connectivity index is 1.65. The molecule has 0 spiro atoms. The third-order valence-electron chi connectivity index (χ3n) is 4.83. The summed E-state index contributed by atoms with van der Waals surface area (Å²) in [6.45, 7) is 0.840. The number of nitrogens with zero attached hydrogens (tertiary/aromatic N) is 3. The summed E-state index contributed by atoms with van der Waals surface area (Å²) < 4.78 is 5.68. The number of hydrogen-bond acceptors (Lipinski definition) is 7. The first kappa shape index (κ1) is 19.8. The smallest absolute Gasteiger partial charge is 0.274 e. The summed E-state index contributed by atoms with van der Waals surface area (Å²) >= 11 is 0. The molecule has 0 saturated carbocycles. The lowest BCUT2D eigenvalue weighted by Gasteiger charge is -2.25. The van der Waals surface area contributed by atoms with Gasteiger partial charge in [0.25, 0.3) is 5.91 Å². The fourth-order valence-electron chi connectivity index (χ4n) is 3.46. The highest BCUT2D eigenvalue weighted by Crippen LogP contribution is 2.27. The van der Waals surface area contributed by atoms with Crippen molar-refractivity contribution < 1.29 is 24.5 Å². The number of carbonyl (C=O) groups excluding carboxylic acids is 2. The second-order valence-corrected chi connectivity index (χ2v) is 6.56. The van der Waals surface area contributed by atoms with Crippen molar-refractivity contribution in [2.45, 2.75) is 31.7 Å². The highest BCUT2D eigenvalue weighted by molar-refractivity contribution is 5.93. The van der Waals surface area contributed by atoms with Crippen LogP contribution in [0.1, 0.15) is 45.8 Å². The Morgan fingerprint density at radius 2 is 2.14 bits per heavy atom. The van der Waals surface area contributed by atoms with E-state index in [1.54, 1.807) is 17.0 Å². The van der Waals surface area contributed by atoms with Crippen molar-refractivity contribution in [3.8, 4) is 11.5 Å². The molecule has 1 saturated heterocycles. The number of phenols is 1. The van der Waals surface area contributed by atoms with Gasteiger partial charge in [0.05, 0.1) is 17.9 Å². The van der Waals surface area contributed by atoms with Gasteiger partial charge >= 0.3 is 0 Å². The molecule has 1 amide bonds. The van der Waals surface area contributed by atoms with E-state index in [1.807, 2.05) is 0 Å². The molecule has 0 radical (unpaired) electrons. The average Bonchev–Trinajstić information content (AvgIpc) is 3.17. The summed E-state index contributed by atoms with van der Waals surface area (Å²) in [5.41, 5.74) is 0.892. The van der Waals surface area contributed by atoms with E-state index in [9.17, 15) is 19.8 Å². The molecule has 28 heavy (non-hydrogen) atoms. The molecular formula is C20H23N3O5. The molecule has 1 atom stereocenters. The molecule has 2 N–H and O–H groups in total. The number of amides is 1.